The lowest BCUT2D eigenvalue weighted by molar-refractivity contribution is 0.118. The minimum absolute atomic E-state index is 0.243. The van der Waals surface area contributed by atoms with Crippen molar-refractivity contribution in [3.05, 3.63) is 53.6 Å². The third-order valence-corrected chi connectivity index (χ3v) is 6.70. The number of halogens is 1. The molecule has 1 atom stereocenters. The summed E-state index contributed by atoms with van der Waals surface area (Å²) in [7, 11) is 0. The Labute approximate surface area is 195 Å². The second-order valence-corrected chi connectivity index (χ2v) is 9.25. The van der Waals surface area contributed by atoms with Crippen molar-refractivity contribution >= 4 is 39.9 Å². The highest BCUT2D eigenvalue weighted by molar-refractivity contribution is 14.1. The van der Waals surface area contributed by atoms with E-state index in [9.17, 15) is 0 Å². The molecule has 2 N–H and O–H groups in total. The number of fused-ring (bicyclic) bond motifs is 1. The van der Waals surface area contributed by atoms with E-state index in [1.54, 1.807) is 6.33 Å². The molecule has 0 saturated carbocycles. The van der Waals surface area contributed by atoms with Crippen LogP contribution in [0.4, 0.5) is 17.3 Å². The van der Waals surface area contributed by atoms with Crippen LogP contribution in [0, 0.1) is 6.92 Å². The van der Waals surface area contributed by atoms with E-state index in [-0.39, 0.29) is 4.05 Å². The maximum atomic E-state index is 5.89. The first-order chi connectivity index (χ1) is 15.1. The molecule has 0 aliphatic carbocycles. The fourth-order valence-electron chi connectivity index (χ4n) is 4.03. The molecule has 0 bridgehead atoms. The Hall–Kier alpha value is -2.53. The predicted octanol–water partition coefficient (Wildman–Crippen LogP) is 2.98. The Kier molecular flexibility index (Phi) is 5.61. The number of hydrogen-bond acceptors (Lipinski definition) is 8. The average molecular weight is 529 g/mol. The molecule has 0 spiro atoms. The summed E-state index contributed by atoms with van der Waals surface area (Å²) >= 11 is 2.44. The number of ether oxygens (including phenoxy) is 1. The minimum atomic E-state index is 0.243. The number of benzene rings is 1. The van der Waals surface area contributed by atoms with Gasteiger partial charge < -0.3 is 20.3 Å². The minimum Gasteiger partial charge on any atom is -0.399 e. The Morgan fingerprint density at radius 2 is 1.97 bits per heavy atom. The summed E-state index contributed by atoms with van der Waals surface area (Å²) in [6, 6.07) is 9.77. The Morgan fingerprint density at radius 3 is 2.74 bits per heavy atom. The quantitative estimate of drug-likeness (QED) is 0.240. The zero-order valence-corrected chi connectivity index (χ0v) is 19.5. The topological polar surface area (TPSA) is 93.3 Å². The van der Waals surface area contributed by atoms with Gasteiger partial charge in [-0.25, -0.2) is 19.9 Å². The van der Waals surface area contributed by atoms with Crippen LogP contribution >= 0.6 is 22.6 Å². The summed E-state index contributed by atoms with van der Waals surface area (Å²) in [6.07, 6.45) is 2.50. The monoisotopic (exact) mass is 529 g/mol. The third kappa shape index (κ3) is 4.16. The third-order valence-electron chi connectivity index (χ3n) is 5.67. The van der Waals surface area contributed by atoms with E-state index in [1.165, 1.54) is 5.56 Å². The van der Waals surface area contributed by atoms with Crippen molar-refractivity contribution in [2.24, 2.45) is 0 Å². The zero-order chi connectivity index (χ0) is 21.4. The van der Waals surface area contributed by atoms with Crippen molar-refractivity contribution in [3.63, 3.8) is 0 Å². The molecule has 8 nitrogen and oxygen atoms in total. The number of morpholine rings is 1. The first-order valence-corrected chi connectivity index (χ1v) is 11.6. The summed E-state index contributed by atoms with van der Waals surface area (Å²) in [6.45, 7) is 5.79. The van der Waals surface area contributed by atoms with Crippen LogP contribution in [0.15, 0.2) is 36.7 Å². The van der Waals surface area contributed by atoms with Gasteiger partial charge in [-0.2, -0.15) is 0 Å². The summed E-state index contributed by atoms with van der Waals surface area (Å²) in [5.41, 5.74) is 10.8. The first-order valence-electron chi connectivity index (χ1n) is 10.4. The molecule has 0 radical (unpaired) electrons. The molecule has 2 aliphatic heterocycles. The molecule has 0 unspecified atom stereocenters. The Morgan fingerprint density at radius 1 is 1.13 bits per heavy atom. The van der Waals surface area contributed by atoms with Gasteiger partial charge in [0.15, 0.2) is 5.82 Å². The molecule has 1 saturated heterocycles. The van der Waals surface area contributed by atoms with Crippen LogP contribution in [0.5, 0.6) is 0 Å². The smallest absolute Gasteiger partial charge is 0.161 e. The molecule has 1 fully saturated rings. The standard InChI is InChI=1S/C22H24IN7O/c1-14-10-20(26-13-25-14)29-7-6-17-18(11-29)27-21(15-2-4-16(24)5-3-15)28-22(17)30-8-9-31-12-19(30)23/h2-5,10,13,19H,6-9,11-12,24H2,1H3/t19-/m1/s1. The van der Waals surface area contributed by atoms with Crippen molar-refractivity contribution < 1.29 is 4.74 Å². The molecular formula is C22H24IN7O. The highest BCUT2D eigenvalue weighted by Crippen LogP contribution is 2.33. The molecular weight excluding hydrogens is 505 g/mol. The van der Waals surface area contributed by atoms with Crippen molar-refractivity contribution in [3.8, 4) is 11.4 Å². The van der Waals surface area contributed by atoms with E-state index in [1.807, 2.05) is 37.3 Å². The van der Waals surface area contributed by atoms with Crippen molar-refractivity contribution in [1.29, 1.82) is 0 Å². The molecule has 0 amide bonds. The van der Waals surface area contributed by atoms with E-state index < -0.39 is 0 Å². The Bertz CT molecular complexity index is 1090. The van der Waals surface area contributed by atoms with Gasteiger partial charge in [-0.15, -0.1) is 0 Å². The van der Waals surface area contributed by atoms with Gasteiger partial charge in [0.25, 0.3) is 0 Å². The summed E-state index contributed by atoms with van der Waals surface area (Å²) in [5, 5.41) is 0. The van der Waals surface area contributed by atoms with Crippen molar-refractivity contribution in [2.75, 3.05) is 41.8 Å². The molecule has 1 aromatic carbocycles. The second-order valence-electron chi connectivity index (χ2n) is 7.81. The van der Waals surface area contributed by atoms with E-state index >= 15 is 0 Å². The van der Waals surface area contributed by atoms with E-state index in [0.29, 0.717) is 19.8 Å². The SMILES string of the molecule is Cc1cc(N2CCc3c(nc(-c4ccc(N)cc4)nc3N3CCOC[C@@H]3I)C2)ncn1. The largest absolute Gasteiger partial charge is 0.399 e. The van der Waals surface area contributed by atoms with Crippen LogP contribution in [-0.2, 0) is 17.7 Å². The molecule has 3 aromatic rings. The number of hydrogen-bond donors (Lipinski definition) is 1. The van der Waals surface area contributed by atoms with Crippen LogP contribution in [0.25, 0.3) is 11.4 Å². The van der Waals surface area contributed by atoms with Crippen LogP contribution < -0.4 is 15.5 Å². The van der Waals surface area contributed by atoms with Crippen LogP contribution in [0.2, 0.25) is 0 Å². The maximum Gasteiger partial charge on any atom is 0.161 e. The molecule has 31 heavy (non-hydrogen) atoms. The number of aromatic nitrogens is 4. The molecule has 5 rings (SSSR count). The van der Waals surface area contributed by atoms with Gasteiger partial charge in [-0.3, -0.25) is 0 Å². The van der Waals surface area contributed by atoms with E-state index in [0.717, 1.165) is 59.6 Å². The van der Waals surface area contributed by atoms with Gasteiger partial charge in [0.2, 0.25) is 0 Å². The fourth-order valence-corrected chi connectivity index (χ4v) is 4.83. The summed E-state index contributed by atoms with van der Waals surface area (Å²) < 4.78 is 5.91. The maximum absolute atomic E-state index is 5.89. The fraction of sp³-hybridized carbons (Fsp3) is 0.364. The average Bonchev–Trinajstić information content (AvgIpc) is 2.79. The number of anilines is 3. The molecule has 2 aliphatic rings. The molecule has 9 heteroatoms. The predicted molar refractivity (Wildman–Crippen MR) is 129 cm³/mol. The number of nitrogens with two attached hydrogens (primary N) is 1. The normalized spacial score (nSPS) is 18.7. The van der Waals surface area contributed by atoms with Gasteiger partial charge >= 0.3 is 0 Å². The van der Waals surface area contributed by atoms with E-state index in [2.05, 4.69) is 42.4 Å². The first kappa shape index (κ1) is 20.4. The number of nitrogens with zero attached hydrogens (tertiary/aromatic N) is 6. The highest BCUT2D eigenvalue weighted by Gasteiger charge is 2.30. The van der Waals surface area contributed by atoms with Crippen molar-refractivity contribution in [2.45, 2.75) is 23.9 Å². The lowest BCUT2D eigenvalue weighted by Crippen LogP contribution is -2.44. The van der Waals surface area contributed by atoms with Crippen LogP contribution in [-0.4, -0.2) is 50.3 Å². The van der Waals surface area contributed by atoms with Gasteiger partial charge in [0.05, 0.1) is 25.5 Å². The van der Waals surface area contributed by atoms with Gasteiger partial charge in [0, 0.05) is 41.7 Å². The number of aryl methyl sites for hydroxylation is 1. The number of nitrogen functional groups attached to an aromatic ring is 1. The lowest BCUT2D eigenvalue weighted by Gasteiger charge is -2.37. The van der Waals surface area contributed by atoms with Crippen molar-refractivity contribution in [1.82, 2.24) is 19.9 Å². The van der Waals surface area contributed by atoms with Gasteiger partial charge in [-0.1, -0.05) is 22.6 Å². The molecule has 160 valence electrons. The lowest BCUT2D eigenvalue weighted by atomic mass is 10.0. The van der Waals surface area contributed by atoms with E-state index in [4.69, 9.17) is 20.4 Å². The summed E-state index contributed by atoms with van der Waals surface area (Å²) in [5.74, 6) is 2.69. The Balaban J connectivity index is 1.58. The van der Waals surface area contributed by atoms with Gasteiger partial charge in [-0.05, 0) is 37.6 Å². The number of alkyl halides is 1. The molecule has 4 heterocycles. The van der Waals surface area contributed by atoms with Gasteiger partial charge in [0.1, 0.15) is 22.0 Å². The zero-order valence-electron chi connectivity index (χ0n) is 17.3. The second kappa shape index (κ2) is 8.54. The highest BCUT2D eigenvalue weighted by atomic mass is 127. The van der Waals surface area contributed by atoms with Crippen LogP contribution in [0.3, 0.4) is 0 Å². The van der Waals surface area contributed by atoms with Crippen LogP contribution in [0.1, 0.15) is 17.0 Å². The summed E-state index contributed by atoms with van der Waals surface area (Å²) in [4.78, 5) is 23.4. The number of rotatable bonds is 3. The molecule has 2 aromatic heterocycles.